The lowest BCUT2D eigenvalue weighted by molar-refractivity contribution is 0.221. The van der Waals surface area contributed by atoms with Crippen LogP contribution in [-0.4, -0.2) is 24.0 Å². The van der Waals surface area contributed by atoms with Gasteiger partial charge in [0, 0.05) is 19.1 Å². The standard InChI is InChI=1S/C14H21N.C13H19N.2C3H8.C2H6/c1-12-7-9-13(10-8-12)11-15-14-5-3-2-4-6-14;1-12-5-7-13(8-6-12)11-14-9-3-2-4-10-14;2*1-3-2;1-2/h7-10,14-15H,2-6,11H2,1H3;5-8H,2-4,9-11H2,1H3;2*3H2,1-2H3;1-2H3. The van der Waals surface area contributed by atoms with E-state index in [9.17, 15) is 0 Å². The molecule has 0 bridgehead atoms. The zero-order valence-corrected chi connectivity index (χ0v) is 26.0. The Morgan fingerprint density at radius 1 is 0.622 bits per heavy atom. The second kappa shape index (κ2) is 24.7. The van der Waals surface area contributed by atoms with Gasteiger partial charge in [0.1, 0.15) is 0 Å². The molecule has 1 aliphatic carbocycles. The van der Waals surface area contributed by atoms with Gasteiger partial charge in [-0.1, -0.05) is 140 Å². The SMILES string of the molecule is CC.CCC.CCC.Cc1ccc(CN2CCCCC2)cc1.Cc1ccc(CNC2CCCCC2)cc1. The maximum absolute atomic E-state index is 3.66. The van der Waals surface area contributed by atoms with Crippen LogP contribution < -0.4 is 5.32 Å². The Hall–Kier alpha value is -1.64. The fraction of sp³-hybridized carbons (Fsp3) is 0.657. The average molecular weight is 511 g/mol. The van der Waals surface area contributed by atoms with Crippen LogP contribution in [0.25, 0.3) is 0 Å². The van der Waals surface area contributed by atoms with Crippen LogP contribution >= 0.6 is 0 Å². The molecule has 2 aliphatic rings. The minimum atomic E-state index is 0.764. The molecule has 0 radical (unpaired) electrons. The van der Waals surface area contributed by atoms with Crippen molar-refractivity contribution in [1.29, 1.82) is 0 Å². The number of hydrogen-bond acceptors (Lipinski definition) is 2. The Balaban J connectivity index is 0.000000549. The first-order valence-corrected chi connectivity index (χ1v) is 15.6. The van der Waals surface area contributed by atoms with Gasteiger partial charge >= 0.3 is 0 Å². The molecule has 1 aliphatic heterocycles. The van der Waals surface area contributed by atoms with Gasteiger partial charge in [0.25, 0.3) is 0 Å². The highest BCUT2D eigenvalue weighted by Crippen LogP contribution is 2.18. The van der Waals surface area contributed by atoms with Gasteiger partial charge < -0.3 is 5.32 Å². The third-order valence-corrected chi connectivity index (χ3v) is 6.30. The minimum absolute atomic E-state index is 0.764. The van der Waals surface area contributed by atoms with Crippen LogP contribution in [-0.2, 0) is 13.1 Å². The summed E-state index contributed by atoms with van der Waals surface area (Å²) in [6, 6.07) is 18.5. The van der Waals surface area contributed by atoms with E-state index in [4.69, 9.17) is 0 Å². The van der Waals surface area contributed by atoms with Crippen LogP contribution in [0.1, 0.15) is 128 Å². The van der Waals surface area contributed by atoms with Gasteiger partial charge in [0.15, 0.2) is 0 Å². The van der Waals surface area contributed by atoms with E-state index in [1.807, 2.05) is 13.8 Å². The molecule has 4 rings (SSSR count). The molecule has 2 heteroatoms. The van der Waals surface area contributed by atoms with E-state index in [-0.39, 0.29) is 0 Å². The smallest absolute Gasteiger partial charge is 0.0233 e. The molecule has 1 heterocycles. The van der Waals surface area contributed by atoms with Gasteiger partial charge in [-0.2, -0.15) is 0 Å². The Morgan fingerprint density at radius 2 is 1.03 bits per heavy atom. The summed E-state index contributed by atoms with van der Waals surface area (Å²) < 4.78 is 0. The summed E-state index contributed by atoms with van der Waals surface area (Å²) in [5.74, 6) is 0. The molecule has 0 unspecified atom stereocenters. The average Bonchev–Trinajstić information content (AvgIpc) is 2.93. The van der Waals surface area contributed by atoms with E-state index >= 15 is 0 Å². The lowest BCUT2D eigenvalue weighted by Gasteiger charge is -2.26. The molecule has 0 spiro atoms. The van der Waals surface area contributed by atoms with Gasteiger partial charge in [-0.15, -0.1) is 0 Å². The topological polar surface area (TPSA) is 15.3 Å². The van der Waals surface area contributed by atoms with E-state index in [1.165, 1.54) is 99.6 Å². The highest BCUT2D eigenvalue weighted by atomic mass is 15.1. The largest absolute Gasteiger partial charge is 0.310 e. The van der Waals surface area contributed by atoms with Crippen molar-refractivity contribution in [1.82, 2.24) is 10.2 Å². The normalized spacial score (nSPS) is 15.4. The van der Waals surface area contributed by atoms with Crippen molar-refractivity contribution in [3.8, 4) is 0 Å². The zero-order chi connectivity index (χ0) is 27.7. The molecule has 2 fully saturated rings. The third-order valence-electron chi connectivity index (χ3n) is 6.30. The predicted octanol–water partition coefficient (Wildman–Crippen LogP) is 10.3. The molecule has 1 saturated heterocycles. The maximum Gasteiger partial charge on any atom is 0.0233 e. The molecular weight excluding hydrogens is 448 g/mol. The molecule has 0 atom stereocenters. The molecule has 0 amide bonds. The van der Waals surface area contributed by atoms with Crippen molar-refractivity contribution in [2.45, 2.75) is 139 Å². The number of nitrogens with one attached hydrogen (secondary N) is 1. The second-order valence-corrected chi connectivity index (χ2v) is 10.4. The highest BCUT2D eigenvalue weighted by molar-refractivity contribution is 5.22. The summed E-state index contributed by atoms with van der Waals surface area (Å²) in [4.78, 5) is 2.56. The Bertz CT molecular complexity index is 706. The molecular formula is C35H62N2. The summed E-state index contributed by atoms with van der Waals surface area (Å²) in [5, 5.41) is 3.66. The zero-order valence-electron chi connectivity index (χ0n) is 26.0. The summed E-state index contributed by atoms with van der Waals surface area (Å²) in [6.45, 7) is 21.5. The third kappa shape index (κ3) is 19.1. The molecule has 212 valence electrons. The monoisotopic (exact) mass is 510 g/mol. The van der Waals surface area contributed by atoms with Crippen molar-refractivity contribution in [3.05, 3.63) is 70.8 Å². The Labute approximate surface area is 232 Å². The molecule has 2 aromatic carbocycles. The van der Waals surface area contributed by atoms with Crippen LogP contribution in [0.5, 0.6) is 0 Å². The predicted molar refractivity (Wildman–Crippen MR) is 168 cm³/mol. The van der Waals surface area contributed by atoms with Crippen LogP contribution in [0.2, 0.25) is 0 Å². The van der Waals surface area contributed by atoms with Gasteiger partial charge in [-0.05, 0) is 63.7 Å². The number of rotatable bonds is 5. The Kier molecular flexibility index (Phi) is 23.6. The van der Waals surface area contributed by atoms with Crippen LogP contribution in [0, 0.1) is 13.8 Å². The first-order chi connectivity index (χ1) is 18.0. The summed E-state index contributed by atoms with van der Waals surface area (Å²) in [5.41, 5.74) is 5.56. The highest BCUT2D eigenvalue weighted by Gasteiger charge is 2.12. The molecule has 1 saturated carbocycles. The lowest BCUT2D eigenvalue weighted by Crippen LogP contribution is -2.30. The number of piperidine rings is 1. The van der Waals surface area contributed by atoms with Crippen LogP contribution in [0.4, 0.5) is 0 Å². The number of likely N-dealkylation sites (tertiary alicyclic amines) is 1. The van der Waals surface area contributed by atoms with Gasteiger partial charge in [-0.25, -0.2) is 0 Å². The maximum atomic E-state index is 3.66. The van der Waals surface area contributed by atoms with E-state index < -0.39 is 0 Å². The molecule has 2 nitrogen and oxygen atoms in total. The quantitative estimate of drug-likeness (QED) is 0.430. The number of nitrogens with zero attached hydrogens (tertiary/aromatic N) is 1. The van der Waals surface area contributed by atoms with Crippen molar-refractivity contribution in [2.24, 2.45) is 0 Å². The van der Waals surface area contributed by atoms with Crippen LogP contribution in [0.3, 0.4) is 0 Å². The van der Waals surface area contributed by atoms with E-state index in [1.54, 1.807) is 0 Å². The summed E-state index contributed by atoms with van der Waals surface area (Å²) >= 11 is 0. The first-order valence-electron chi connectivity index (χ1n) is 15.6. The molecule has 1 N–H and O–H groups in total. The summed E-state index contributed by atoms with van der Waals surface area (Å²) in [7, 11) is 0. The first kappa shape index (κ1) is 35.4. The molecule has 0 aromatic heterocycles. The minimum Gasteiger partial charge on any atom is -0.310 e. The molecule has 2 aromatic rings. The van der Waals surface area contributed by atoms with Gasteiger partial charge in [-0.3, -0.25) is 4.90 Å². The number of aryl methyl sites for hydroxylation is 2. The van der Waals surface area contributed by atoms with Crippen LogP contribution in [0.15, 0.2) is 48.5 Å². The lowest BCUT2D eigenvalue weighted by atomic mass is 9.95. The van der Waals surface area contributed by atoms with Gasteiger partial charge in [0.05, 0.1) is 0 Å². The molecule has 37 heavy (non-hydrogen) atoms. The summed E-state index contributed by atoms with van der Waals surface area (Å²) in [6.07, 6.45) is 13.7. The fourth-order valence-electron chi connectivity index (χ4n) is 4.34. The number of benzene rings is 2. The number of hydrogen-bond donors (Lipinski definition) is 1. The van der Waals surface area contributed by atoms with Crippen molar-refractivity contribution < 1.29 is 0 Å². The van der Waals surface area contributed by atoms with Crippen molar-refractivity contribution in [2.75, 3.05) is 13.1 Å². The van der Waals surface area contributed by atoms with Crippen molar-refractivity contribution in [3.63, 3.8) is 0 Å². The van der Waals surface area contributed by atoms with Gasteiger partial charge in [0.2, 0.25) is 0 Å². The van der Waals surface area contributed by atoms with E-state index in [0.717, 1.165) is 19.1 Å². The Morgan fingerprint density at radius 3 is 1.49 bits per heavy atom. The van der Waals surface area contributed by atoms with E-state index in [0.29, 0.717) is 0 Å². The van der Waals surface area contributed by atoms with Crippen molar-refractivity contribution >= 4 is 0 Å². The second-order valence-electron chi connectivity index (χ2n) is 10.4. The fourth-order valence-corrected chi connectivity index (χ4v) is 4.34. The van der Waals surface area contributed by atoms with E-state index in [2.05, 4.69) is 100 Å².